The van der Waals surface area contributed by atoms with Crippen LogP contribution in [0.4, 0.5) is 0 Å². The predicted octanol–water partition coefficient (Wildman–Crippen LogP) is 17.5. The van der Waals surface area contributed by atoms with Crippen molar-refractivity contribution in [3.8, 4) is 45.5 Å². The van der Waals surface area contributed by atoms with Crippen molar-refractivity contribution in [1.29, 1.82) is 0 Å². The monoisotopic (exact) mass is 888 g/mol. The highest BCUT2D eigenvalue weighted by atomic mass is 16.5. The number of aromatic nitrogens is 2. The zero-order valence-corrected chi connectivity index (χ0v) is 39.5. The average molecular weight is 889 g/mol. The summed E-state index contributed by atoms with van der Waals surface area (Å²) in [5.74, 6) is 1.93. The Labute approximate surface area is 396 Å². The zero-order valence-electron chi connectivity index (χ0n) is 39.5. The summed E-state index contributed by atoms with van der Waals surface area (Å²) in [5.41, 5.74) is 14.4. The SMILES string of the molecule is CCCCCCOc1ccc(/C=C/c2ccc3c(c2)C(CCCCCC)(CCCCCC)c2cc(/C=C/c4ccc(O)c(-c5nc6ccccc6o5)c4)ccc2-3)cc1-c1nc2ccccc2o1. The van der Waals surface area contributed by atoms with Crippen LogP contribution in [-0.2, 0) is 5.41 Å². The van der Waals surface area contributed by atoms with Gasteiger partial charge in [-0.25, -0.2) is 9.97 Å². The molecule has 0 saturated carbocycles. The van der Waals surface area contributed by atoms with E-state index >= 15 is 0 Å². The molecule has 0 spiro atoms. The first kappa shape index (κ1) is 45.5. The van der Waals surface area contributed by atoms with Gasteiger partial charge in [-0.15, -0.1) is 0 Å². The van der Waals surface area contributed by atoms with Crippen LogP contribution in [0.1, 0.15) is 144 Å². The minimum absolute atomic E-state index is 0.0885. The van der Waals surface area contributed by atoms with Gasteiger partial charge in [0, 0.05) is 5.41 Å². The van der Waals surface area contributed by atoms with Crippen molar-refractivity contribution >= 4 is 46.5 Å². The first-order chi connectivity index (χ1) is 33.0. The highest BCUT2D eigenvalue weighted by Crippen LogP contribution is 2.55. The lowest BCUT2D eigenvalue weighted by Crippen LogP contribution is -2.25. The molecular formula is C61H64N2O4. The molecule has 8 aromatic rings. The van der Waals surface area contributed by atoms with Gasteiger partial charge in [0.05, 0.1) is 17.7 Å². The van der Waals surface area contributed by atoms with Crippen molar-refractivity contribution in [2.45, 2.75) is 116 Å². The van der Waals surface area contributed by atoms with E-state index < -0.39 is 0 Å². The summed E-state index contributed by atoms with van der Waals surface area (Å²) < 4.78 is 18.7. The highest BCUT2D eigenvalue weighted by Gasteiger charge is 2.42. The zero-order chi connectivity index (χ0) is 46.0. The molecule has 0 bridgehead atoms. The summed E-state index contributed by atoms with van der Waals surface area (Å²) in [6.07, 6.45) is 25.4. The number of benzene rings is 6. The second kappa shape index (κ2) is 21.3. The van der Waals surface area contributed by atoms with Gasteiger partial charge in [-0.2, -0.15) is 0 Å². The molecule has 0 amide bonds. The molecule has 6 aromatic carbocycles. The van der Waals surface area contributed by atoms with Crippen molar-refractivity contribution in [2.24, 2.45) is 0 Å². The van der Waals surface area contributed by atoms with Crippen LogP contribution in [-0.4, -0.2) is 21.7 Å². The molecule has 0 unspecified atom stereocenters. The van der Waals surface area contributed by atoms with Gasteiger partial charge in [0.15, 0.2) is 11.2 Å². The Morgan fingerprint density at radius 2 is 0.940 bits per heavy atom. The van der Waals surface area contributed by atoms with Gasteiger partial charge < -0.3 is 18.7 Å². The number of para-hydroxylation sites is 4. The number of phenolic OH excluding ortho intramolecular Hbond substituents is 1. The summed E-state index contributed by atoms with van der Waals surface area (Å²) >= 11 is 0. The smallest absolute Gasteiger partial charge is 0.231 e. The molecule has 6 heteroatoms. The average Bonchev–Trinajstić information content (AvgIpc) is 4.06. The van der Waals surface area contributed by atoms with Gasteiger partial charge in [-0.3, -0.25) is 0 Å². The van der Waals surface area contributed by atoms with Crippen LogP contribution in [0, 0.1) is 0 Å². The molecule has 0 radical (unpaired) electrons. The van der Waals surface area contributed by atoms with Crippen LogP contribution in [0.2, 0.25) is 0 Å². The normalized spacial score (nSPS) is 13.1. The van der Waals surface area contributed by atoms with E-state index in [1.807, 2.05) is 60.7 Å². The summed E-state index contributed by atoms with van der Waals surface area (Å²) in [6.45, 7) is 7.49. The second-order valence-corrected chi connectivity index (χ2v) is 18.4. The van der Waals surface area contributed by atoms with Crippen molar-refractivity contribution in [3.05, 3.63) is 155 Å². The Bertz CT molecular complexity index is 2930. The third-order valence-corrected chi connectivity index (χ3v) is 13.6. The minimum Gasteiger partial charge on any atom is -0.507 e. The van der Waals surface area contributed by atoms with Crippen LogP contribution < -0.4 is 4.74 Å². The Balaban J connectivity index is 1.04. The Morgan fingerprint density at radius 1 is 0.478 bits per heavy atom. The number of ether oxygens (including phenoxy) is 1. The lowest BCUT2D eigenvalue weighted by Gasteiger charge is -2.33. The van der Waals surface area contributed by atoms with Crippen molar-refractivity contribution in [3.63, 3.8) is 0 Å². The maximum absolute atomic E-state index is 10.9. The number of unbranched alkanes of at least 4 members (excludes halogenated alkanes) is 9. The standard InChI is InChI=1S/C61H64N2O4/c1-4-7-10-17-36-61(37-18-11-8-5-2)51-41-45(26-24-43-30-34-55(64)49(39-43)59-62-53-20-13-15-22-57(53)66-59)28-32-47(51)48-33-29-46(42-52(48)61)27-25-44-31-35-56(65-38-19-12-9-6-3)50(40-44)60-63-54-21-14-16-23-58(54)67-60/h13-16,20-35,39-42,64H,4-12,17-19,36-38H2,1-3H3/b26-24+,27-25+. The van der Waals surface area contributed by atoms with Gasteiger partial charge in [0.25, 0.3) is 0 Å². The van der Waals surface area contributed by atoms with Crippen molar-refractivity contribution < 1.29 is 18.7 Å². The Morgan fingerprint density at radius 3 is 1.48 bits per heavy atom. The number of aromatic hydroxyl groups is 1. The fourth-order valence-corrected chi connectivity index (χ4v) is 9.95. The molecular weight excluding hydrogens is 825 g/mol. The highest BCUT2D eigenvalue weighted by molar-refractivity contribution is 5.86. The second-order valence-electron chi connectivity index (χ2n) is 18.4. The number of nitrogens with zero attached hydrogens (tertiary/aromatic N) is 2. The molecule has 0 aliphatic heterocycles. The van der Waals surface area contributed by atoms with E-state index in [0.29, 0.717) is 29.5 Å². The molecule has 0 fully saturated rings. The van der Waals surface area contributed by atoms with Crippen molar-refractivity contribution in [2.75, 3.05) is 6.61 Å². The van der Waals surface area contributed by atoms with E-state index in [2.05, 4.69) is 105 Å². The number of fused-ring (bicyclic) bond motifs is 5. The van der Waals surface area contributed by atoms with E-state index in [1.165, 1.54) is 92.0 Å². The van der Waals surface area contributed by atoms with E-state index in [1.54, 1.807) is 6.07 Å². The number of hydrogen-bond acceptors (Lipinski definition) is 6. The van der Waals surface area contributed by atoms with Crippen LogP contribution >= 0.6 is 0 Å². The van der Waals surface area contributed by atoms with E-state index in [9.17, 15) is 5.11 Å². The van der Waals surface area contributed by atoms with Crippen LogP contribution in [0.3, 0.4) is 0 Å². The van der Waals surface area contributed by atoms with Gasteiger partial charge in [-0.05, 0) is 112 Å². The molecule has 67 heavy (non-hydrogen) atoms. The third kappa shape index (κ3) is 10.2. The number of rotatable bonds is 22. The first-order valence-corrected chi connectivity index (χ1v) is 24.9. The number of phenols is 1. The van der Waals surface area contributed by atoms with E-state index in [0.717, 1.165) is 70.3 Å². The van der Waals surface area contributed by atoms with Crippen LogP contribution in [0.15, 0.2) is 130 Å². The molecule has 1 aliphatic rings. The summed E-state index contributed by atoms with van der Waals surface area (Å²) in [4.78, 5) is 9.53. The van der Waals surface area contributed by atoms with Gasteiger partial charge in [-0.1, -0.05) is 189 Å². The van der Waals surface area contributed by atoms with E-state index in [4.69, 9.17) is 18.6 Å². The van der Waals surface area contributed by atoms with Gasteiger partial charge in [0.1, 0.15) is 22.5 Å². The molecule has 6 nitrogen and oxygen atoms in total. The fourth-order valence-electron chi connectivity index (χ4n) is 9.95. The molecule has 9 rings (SSSR count). The lowest BCUT2D eigenvalue weighted by molar-refractivity contribution is 0.305. The Hall–Kier alpha value is -6.66. The maximum atomic E-state index is 10.9. The molecule has 0 atom stereocenters. The van der Waals surface area contributed by atoms with E-state index in [-0.39, 0.29) is 11.2 Å². The van der Waals surface area contributed by atoms with Crippen molar-refractivity contribution in [1.82, 2.24) is 9.97 Å². The summed E-state index contributed by atoms with van der Waals surface area (Å²) in [5, 5.41) is 10.9. The molecule has 0 saturated heterocycles. The predicted molar refractivity (Wildman–Crippen MR) is 278 cm³/mol. The first-order valence-electron chi connectivity index (χ1n) is 24.9. The largest absolute Gasteiger partial charge is 0.507 e. The number of hydrogen-bond donors (Lipinski definition) is 1. The summed E-state index contributed by atoms with van der Waals surface area (Å²) in [7, 11) is 0. The number of oxazole rings is 2. The quantitative estimate of drug-likeness (QED) is 0.0539. The third-order valence-electron chi connectivity index (χ3n) is 13.6. The molecule has 2 heterocycles. The van der Waals surface area contributed by atoms with Gasteiger partial charge >= 0.3 is 0 Å². The fraction of sp³-hybridized carbons (Fsp3) is 0.311. The Kier molecular flexibility index (Phi) is 14.5. The lowest BCUT2D eigenvalue weighted by atomic mass is 9.70. The molecule has 1 aliphatic carbocycles. The topological polar surface area (TPSA) is 81.5 Å². The maximum Gasteiger partial charge on any atom is 0.231 e. The van der Waals surface area contributed by atoms with Crippen LogP contribution in [0.5, 0.6) is 11.5 Å². The molecule has 2 aromatic heterocycles. The molecule has 1 N–H and O–H groups in total. The summed E-state index contributed by atoms with van der Waals surface area (Å²) in [6, 6.07) is 41.8. The minimum atomic E-state index is -0.0885. The van der Waals surface area contributed by atoms with Gasteiger partial charge in [0.2, 0.25) is 11.8 Å². The van der Waals surface area contributed by atoms with Crippen LogP contribution in [0.25, 0.3) is 80.5 Å². The molecule has 342 valence electrons.